The fraction of sp³-hybridized carbons (Fsp3) is 0.188. The molecule has 21 heavy (non-hydrogen) atoms. The number of carbonyl (C=O) groups excluding carboxylic acids is 1. The SMILES string of the molecule is CNC(=O)c1ccc(OCc2ccc(OC)c(F)c2)cc1. The lowest BCUT2D eigenvalue weighted by molar-refractivity contribution is 0.0963. The largest absolute Gasteiger partial charge is 0.494 e. The average Bonchev–Trinajstić information content (AvgIpc) is 2.52. The number of amides is 1. The van der Waals surface area contributed by atoms with E-state index in [9.17, 15) is 9.18 Å². The average molecular weight is 289 g/mol. The van der Waals surface area contributed by atoms with Crippen molar-refractivity contribution in [1.82, 2.24) is 5.32 Å². The molecule has 0 aliphatic rings. The van der Waals surface area contributed by atoms with Crippen molar-refractivity contribution in [2.24, 2.45) is 0 Å². The quantitative estimate of drug-likeness (QED) is 0.920. The number of nitrogens with one attached hydrogen (secondary N) is 1. The van der Waals surface area contributed by atoms with E-state index in [4.69, 9.17) is 9.47 Å². The van der Waals surface area contributed by atoms with Crippen molar-refractivity contribution in [3.63, 3.8) is 0 Å². The van der Waals surface area contributed by atoms with Gasteiger partial charge in [0.2, 0.25) is 0 Å². The van der Waals surface area contributed by atoms with Gasteiger partial charge in [0, 0.05) is 12.6 Å². The van der Waals surface area contributed by atoms with E-state index < -0.39 is 5.82 Å². The molecular formula is C16H16FNO3. The molecule has 0 aromatic heterocycles. The normalized spacial score (nSPS) is 10.0. The Bertz CT molecular complexity index is 626. The van der Waals surface area contributed by atoms with Crippen molar-refractivity contribution in [1.29, 1.82) is 0 Å². The summed E-state index contributed by atoms with van der Waals surface area (Å²) in [5.74, 6) is 0.236. The number of hydrogen-bond acceptors (Lipinski definition) is 3. The number of carbonyl (C=O) groups is 1. The van der Waals surface area contributed by atoms with Gasteiger partial charge >= 0.3 is 0 Å². The highest BCUT2D eigenvalue weighted by Crippen LogP contribution is 2.19. The van der Waals surface area contributed by atoms with Gasteiger partial charge in [0.15, 0.2) is 11.6 Å². The Morgan fingerprint density at radius 3 is 2.48 bits per heavy atom. The Morgan fingerprint density at radius 1 is 1.19 bits per heavy atom. The second kappa shape index (κ2) is 6.74. The third kappa shape index (κ3) is 3.72. The van der Waals surface area contributed by atoms with Crippen LogP contribution in [0.15, 0.2) is 42.5 Å². The van der Waals surface area contributed by atoms with Crippen LogP contribution in [0.2, 0.25) is 0 Å². The molecule has 1 amide bonds. The minimum absolute atomic E-state index is 0.154. The van der Waals surface area contributed by atoms with E-state index >= 15 is 0 Å². The number of halogens is 1. The van der Waals surface area contributed by atoms with Gasteiger partial charge in [0.25, 0.3) is 5.91 Å². The van der Waals surface area contributed by atoms with Crippen molar-refractivity contribution in [3.05, 3.63) is 59.4 Å². The van der Waals surface area contributed by atoms with Crippen LogP contribution in [0.4, 0.5) is 4.39 Å². The summed E-state index contributed by atoms with van der Waals surface area (Å²) in [5, 5.41) is 2.54. The lowest BCUT2D eigenvalue weighted by atomic mass is 10.2. The van der Waals surface area contributed by atoms with Crippen LogP contribution in [-0.4, -0.2) is 20.1 Å². The molecule has 110 valence electrons. The lowest BCUT2D eigenvalue weighted by Gasteiger charge is -2.08. The molecule has 0 atom stereocenters. The summed E-state index contributed by atoms with van der Waals surface area (Å²) in [6.07, 6.45) is 0. The molecule has 0 bridgehead atoms. The summed E-state index contributed by atoms with van der Waals surface area (Å²) in [6, 6.07) is 11.4. The van der Waals surface area contributed by atoms with Crippen LogP contribution in [-0.2, 0) is 6.61 Å². The summed E-state index contributed by atoms with van der Waals surface area (Å²) in [7, 11) is 2.99. The molecule has 0 radical (unpaired) electrons. The summed E-state index contributed by atoms with van der Waals surface area (Å²) in [5.41, 5.74) is 1.25. The van der Waals surface area contributed by atoms with Gasteiger partial charge < -0.3 is 14.8 Å². The molecule has 1 N–H and O–H groups in total. The Hall–Kier alpha value is -2.56. The fourth-order valence-corrected chi connectivity index (χ4v) is 1.81. The number of ether oxygens (including phenoxy) is 2. The topological polar surface area (TPSA) is 47.6 Å². The van der Waals surface area contributed by atoms with Gasteiger partial charge in [-0.15, -0.1) is 0 Å². The molecule has 0 unspecified atom stereocenters. The third-order valence-corrected chi connectivity index (χ3v) is 2.97. The number of hydrogen-bond donors (Lipinski definition) is 1. The molecule has 0 aliphatic carbocycles. The van der Waals surface area contributed by atoms with Crippen molar-refractivity contribution >= 4 is 5.91 Å². The van der Waals surface area contributed by atoms with E-state index in [1.807, 2.05) is 0 Å². The van der Waals surface area contributed by atoms with Gasteiger partial charge in [-0.3, -0.25) is 4.79 Å². The van der Waals surface area contributed by atoms with Gasteiger partial charge in [-0.1, -0.05) is 6.07 Å². The Balaban J connectivity index is 1.99. The van der Waals surface area contributed by atoms with Gasteiger partial charge in [0.05, 0.1) is 7.11 Å². The number of methoxy groups -OCH3 is 1. The minimum Gasteiger partial charge on any atom is -0.494 e. The predicted molar refractivity (Wildman–Crippen MR) is 77.1 cm³/mol. The van der Waals surface area contributed by atoms with E-state index in [0.717, 1.165) is 0 Å². The van der Waals surface area contributed by atoms with Gasteiger partial charge in [0.1, 0.15) is 12.4 Å². The Morgan fingerprint density at radius 2 is 1.90 bits per heavy atom. The van der Waals surface area contributed by atoms with Gasteiger partial charge in [-0.2, -0.15) is 0 Å². The first-order valence-corrected chi connectivity index (χ1v) is 6.41. The van der Waals surface area contributed by atoms with E-state index in [-0.39, 0.29) is 18.3 Å². The van der Waals surface area contributed by atoms with Crippen molar-refractivity contribution in [2.45, 2.75) is 6.61 Å². The summed E-state index contributed by atoms with van der Waals surface area (Å²) in [6.45, 7) is 0.236. The first-order chi connectivity index (χ1) is 10.1. The molecule has 0 saturated carbocycles. The van der Waals surface area contributed by atoms with Crippen molar-refractivity contribution in [3.8, 4) is 11.5 Å². The van der Waals surface area contributed by atoms with Crippen molar-refractivity contribution < 1.29 is 18.7 Å². The number of benzene rings is 2. The summed E-state index contributed by atoms with van der Waals surface area (Å²) in [4.78, 5) is 11.4. The molecule has 0 aliphatic heterocycles. The Labute approximate surface area is 122 Å². The highest BCUT2D eigenvalue weighted by molar-refractivity contribution is 5.94. The van der Waals surface area contributed by atoms with E-state index in [0.29, 0.717) is 16.9 Å². The summed E-state index contributed by atoms with van der Waals surface area (Å²) >= 11 is 0. The maximum Gasteiger partial charge on any atom is 0.251 e. The fourth-order valence-electron chi connectivity index (χ4n) is 1.81. The van der Waals surface area contributed by atoms with E-state index in [2.05, 4.69) is 5.32 Å². The zero-order chi connectivity index (χ0) is 15.2. The molecule has 2 aromatic rings. The minimum atomic E-state index is -0.423. The second-order valence-corrected chi connectivity index (χ2v) is 4.36. The van der Waals surface area contributed by atoms with Crippen LogP contribution < -0.4 is 14.8 Å². The molecule has 0 heterocycles. The molecule has 5 heteroatoms. The van der Waals surface area contributed by atoms with Crippen LogP contribution in [0.5, 0.6) is 11.5 Å². The molecule has 0 spiro atoms. The smallest absolute Gasteiger partial charge is 0.251 e. The van der Waals surface area contributed by atoms with Crippen LogP contribution in [0.1, 0.15) is 15.9 Å². The maximum absolute atomic E-state index is 13.5. The predicted octanol–water partition coefficient (Wildman–Crippen LogP) is 2.77. The van der Waals surface area contributed by atoms with E-state index in [1.54, 1.807) is 43.4 Å². The highest BCUT2D eigenvalue weighted by Gasteiger charge is 2.05. The first kappa shape index (κ1) is 14.8. The molecule has 4 nitrogen and oxygen atoms in total. The zero-order valence-corrected chi connectivity index (χ0v) is 11.9. The Kier molecular flexibility index (Phi) is 4.77. The van der Waals surface area contributed by atoms with Gasteiger partial charge in [-0.25, -0.2) is 4.39 Å². The molecular weight excluding hydrogens is 273 g/mol. The molecule has 0 saturated heterocycles. The second-order valence-electron chi connectivity index (χ2n) is 4.36. The standard InChI is InChI=1S/C16H16FNO3/c1-18-16(19)12-4-6-13(7-5-12)21-10-11-3-8-15(20-2)14(17)9-11/h3-9H,10H2,1-2H3,(H,18,19). The number of rotatable bonds is 5. The van der Waals surface area contributed by atoms with Crippen LogP contribution >= 0.6 is 0 Å². The third-order valence-electron chi connectivity index (χ3n) is 2.97. The monoisotopic (exact) mass is 289 g/mol. The molecule has 2 rings (SSSR count). The van der Waals surface area contributed by atoms with Crippen LogP contribution in [0.3, 0.4) is 0 Å². The highest BCUT2D eigenvalue weighted by atomic mass is 19.1. The zero-order valence-electron chi connectivity index (χ0n) is 11.9. The lowest BCUT2D eigenvalue weighted by Crippen LogP contribution is -2.17. The van der Waals surface area contributed by atoms with Crippen molar-refractivity contribution in [2.75, 3.05) is 14.2 Å². The molecule has 0 fully saturated rings. The van der Waals surface area contributed by atoms with Crippen LogP contribution in [0.25, 0.3) is 0 Å². The molecule has 2 aromatic carbocycles. The van der Waals surface area contributed by atoms with Gasteiger partial charge in [-0.05, 0) is 42.0 Å². The van der Waals surface area contributed by atoms with Crippen LogP contribution in [0, 0.1) is 5.82 Å². The summed E-state index contributed by atoms with van der Waals surface area (Å²) < 4.78 is 23.9. The first-order valence-electron chi connectivity index (χ1n) is 6.41. The van der Waals surface area contributed by atoms with E-state index in [1.165, 1.54) is 13.2 Å². The maximum atomic E-state index is 13.5.